The largest absolute Gasteiger partial charge is 0.361 e. The molecule has 2 heterocycles. The molecule has 0 bridgehead atoms. The Kier molecular flexibility index (Phi) is 5.31. The molecular weight excluding hydrogens is 346 g/mol. The Hall–Kier alpha value is -2.85. The summed E-state index contributed by atoms with van der Waals surface area (Å²) in [4.78, 5) is 18.4. The summed E-state index contributed by atoms with van der Waals surface area (Å²) in [5, 5.41) is 4.30. The van der Waals surface area contributed by atoms with Crippen LogP contribution >= 0.6 is 0 Å². The van der Waals surface area contributed by atoms with Crippen LogP contribution in [0.15, 0.2) is 60.8 Å². The predicted octanol–water partition coefficient (Wildman–Crippen LogP) is 4.60. The molecule has 0 radical (unpaired) electrons. The maximum Gasteiger partial charge on any atom is 0.255 e. The molecule has 1 aliphatic rings. The summed E-state index contributed by atoms with van der Waals surface area (Å²) in [6.07, 6.45) is 7.69. The van der Waals surface area contributed by atoms with Gasteiger partial charge < -0.3 is 15.2 Å². The minimum atomic E-state index is -0.0873. The minimum absolute atomic E-state index is 0.0873. The van der Waals surface area contributed by atoms with E-state index in [1.165, 1.54) is 30.3 Å². The topological polar surface area (TPSA) is 48.1 Å². The zero-order valence-electron chi connectivity index (χ0n) is 16.5. The molecule has 2 aromatic carbocycles. The SMILES string of the molecule is CC=C(NC(=O)c1ccccc1)c1ccc2[nH]cc(CC3CCCN3C)c2c1. The number of H-pyrrole nitrogens is 1. The summed E-state index contributed by atoms with van der Waals surface area (Å²) in [5.41, 5.74) is 5.01. The maximum atomic E-state index is 12.6. The van der Waals surface area contributed by atoms with E-state index in [-0.39, 0.29) is 5.91 Å². The minimum Gasteiger partial charge on any atom is -0.361 e. The highest BCUT2D eigenvalue weighted by atomic mass is 16.1. The third kappa shape index (κ3) is 3.73. The number of carbonyl (C=O) groups is 1. The molecule has 1 aliphatic heterocycles. The quantitative estimate of drug-likeness (QED) is 0.687. The standard InChI is InChI=1S/C24H27N3O/c1-3-22(26-24(28)17-8-5-4-6-9-17)18-11-12-23-21(15-18)19(16-25-23)14-20-10-7-13-27(20)2/h3-6,8-9,11-12,15-16,20,25H,7,10,13-14H2,1-2H3,(H,26,28). The van der Waals surface area contributed by atoms with E-state index in [0.29, 0.717) is 11.6 Å². The highest BCUT2D eigenvalue weighted by molar-refractivity contribution is 6.00. The number of aromatic nitrogens is 1. The van der Waals surface area contributed by atoms with Gasteiger partial charge in [-0.3, -0.25) is 4.79 Å². The van der Waals surface area contributed by atoms with Crippen molar-refractivity contribution in [3.05, 3.63) is 77.5 Å². The number of nitrogens with zero attached hydrogens (tertiary/aromatic N) is 1. The van der Waals surface area contributed by atoms with Crippen molar-refractivity contribution in [1.29, 1.82) is 0 Å². The van der Waals surface area contributed by atoms with Gasteiger partial charge in [0.25, 0.3) is 5.91 Å². The first-order valence-corrected chi connectivity index (χ1v) is 9.99. The van der Waals surface area contributed by atoms with Gasteiger partial charge in [0, 0.05) is 34.4 Å². The molecule has 4 rings (SSSR count). The monoisotopic (exact) mass is 373 g/mol. The van der Waals surface area contributed by atoms with Crippen molar-refractivity contribution in [3.63, 3.8) is 0 Å². The highest BCUT2D eigenvalue weighted by Crippen LogP contribution is 2.27. The van der Waals surface area contributed by atoms with E-state index in [0.717, 1.165) is 23.2 Å². The Balaban J connectivity index is 1.59. The molecule has 28 heavy (non-hydrogen) atoms. The number of carbonyl (C=O) groups excluding carboxylic acids is 1. The molecule has 1 amide bonds. The lowest BCUT2D eigenvalue weighted by atomic mass is 10.0. The van der Waals surface area contributed by atoms with Gasteiger partial charge in [-0.25, -0.2) is 0 Å². The molecule has 0 spiro atoms. The number of allylic oxidation sites excluding steroid dienone is 1. The molecule has 1 fully saturated rings. The van der Waals surface area contributed by atoms with Crippen LogP contribution in [0.25, 0.3) is 16.6 Å². The molecular formula is C24H27N3O. The normalized spacial score (nSPS) is 17.9. The molecule has 0 saturated carbocycles. The number of likely N-dealkylation sites (N-methyl/N-ethyl adjacent to an activating group) is 1. The zero-order valence-corrected chi connectivity index (χ0v) is 16.5. The van der Waals surface area contributed by atoms with E-state index in [2.05, 4.69) is 46.6 Å². The molecule has 0 aliphatic carbocycles. The van der Waals surface area contributed by atoms with E-state index < -0.39 is 0 Å². The molecule has 4 heteroatoms. The number of nitrogens with one attached hydrogen (secondary N) is 2. The van der Waals surface area contributed by atoms with Crippen LogP contribution in [-0.4, -0.2) is 35.4 Å². The summed E-state index contributed by atoms with van der Waals surface area (Å²) in [6.45, 7) is 3.14. The Labute approximate surface area is 166 Å². The van der Waals surface area contributed by atoms with Crippen molar-refractivity contribution < 1.29 is 4.79 Å². The molecule has 1 saturated heterocycles. The van der Waals surface area contributed by atoms with E-state index in [4.69, 9.17) is 0 Å². The Bertz CT molecular complexity index is 1000. The van der Waals surface area contributed by atoms with Crippen LogP contribution in [0.4, 0.5) is 0 Å². The van der Waals surface area contributed by atoms with Gasteiger partial charge in [0.1, 0.15) is 0 Å². The Morgan fingerprint density at radius 2 is 2.04 bits per heavy atom. The maximum absolute atomic E-state index is 12.6. The molecule has 1 unspecified atom stereocenters. The lowest BCUT2D eigenvalue weighted by molar-refractivity contribution is 0.0973. The van der Waals surface area contributed by atoms with Crippen LogP contribution in [0, 0.1) is 0 Å². The van der Waals surface area contributed by atoms with Crippen LogP contribution in [-0.2, 0) is 6.42 Å². The highest BCUT2D eigenvalue weighted by Gasteiger charge is 2.22. The van der Waals surface area contributed by atoms with Crippen molar-refractivity contribution in [2.45, 2.75) is 32.2 Å². The van der Waals surface area contributed by atoms with Gasteiger partial charge in [0.2, 0.25) is 0 Å². The fourth-order valence-corrected chi connectivity index (χ4v) is 4.10. The van der Waals surface area contributed by atoms with Gasteiger partial charge in [0.05, 0.1) is 0 Å². The second kappa shape index (κ2) is 8.03. The molecule has 2 N–H and O–H groups in total. The van der Waals surface area contributed by atoms with Crippen LogP contribution < -0.4 is 5.32 Å². The average molecular weight is 374 g/mol. The number of aromatic amines is 1. The van der Waals surface area contributed by atoms with Crippen LogP contribution in [0.2, 0.25) is 0 Å². The van der Waals surface area contributed by atoms with Gasteiger partial charge in [-0.05, 0) is 75.2 Å². The first kappa shape index (κ1) is 18.5. The predicted molar refractivity (Wildman–Crippen MR) is 115 cm³/mol. The molecule has 1 aromatic heterocycles. The fraction of sp³-hybridized carbons (Fsp3) is 0.292. The van der Waals surface area contributed by atoms with Gasteiger partial charge in [-0.1, -0.05) is 30.3 Å². The summed E-state index contributed by atoms with van der Waals surface area (Å²) in [7, 11) is 2.22. The van der Waals surface area contributed by atoms with Crippen molar-refractivity contribution >= 4 is 22.5 Å². The van der Waals surface area contributed by atoms with Gasteiger partial charge in [0.15, 0.2) is 0 Å². The van der Waals surface area contributed by atoms with E-state index >= 15 is 0 Å². The summed E-state index contributed by atoms with van der Waals surface area (Å²) in [5.74, 6) is -0.0873. The smallest absolute Gasteiger partial charge is 0.255 e. The van der Waals surface area contributed by atoms with Crippen molar-refractivity contribution in [2.75, 3.05) is 13.6 Å². The van der Waals surface area contributed by atoms with Gasteiger partial charge in [-0.2, -0.15) is 0 Å². The third-order valence-electron chi connectivity index (χ3n) is 5.78. The average Bonchev–Trinajstić information content (AvgIpc) is 3.32. The number of benzene rings is 2. The molecule has 144 valence electrons. The van der Waals surface area contributed by atoms with Crippen molar-refractivity contribution in [2.24, 2.45) is 0 Å². The van der Waals surface area contributed by atoms with Gasteiger partial charge >= 0.3 is 0 Å². The van der Waals surface area contributed by atoms with Crippen molar-refractivity contribution in [1.82, 2.24) is 15.2 Å². The Morgan fingerprint density at radius 1 is 1.21 bits per heavy atom. The van der Waals surface area contributed by atoms with Crippen LogP contribution in [0.5, 0.6) is 0 Å². The van der Waals surface area contributed by atoms with Gasteiger partial charge in [-0.15, -0.1) is 0 Å². The first-order chi connectivity index (χ1) is 13.7. The number of likely N-dealkylation sites (tertiary alicyclic amines) is 1. The fourth-order valence-electron chi connectivity index (χ4n) is 4.10. The summed E-state index contributed by atoms with van der Waals surface area (Å²) >= 11 is 0. The number of hydrogen-bond donors (Lipinski definition) is 2. The summed E-state index contributed by atoms with van der Waals surface area (Å²) < 4.78 is 0. The number of rotatable bonds is 5. The number of hydrogen-bond acceptors (Lipinski definition) is 2. The Morgan fingerprint density at radius 3 is 2.75 bits per heavy atom. The number of fused-ring (bicyclic) bond motifs is 1. The third-order valence-corrected chi connectivity index (χ3v) is 5.78. The van der Waals surface area contributed by atoms with Crippen LogP contribution in [0.1, 0.15) is 41.3 Å². The van der Waals surface area contributed by atoms with E-state index in [1.807, 2.05) is 43.3 Å². The molecule has 4 nitrogen and oxygen atoms in total. The summed E-state index contributed by atoms with van der Waals surface area (Å²) in [6, 6.07) is 16.3. The number of amides is 1. The van der Waals surface area contributed by atoms with Crippen molar-refractivity contribution in [3.8, 4) is 0 Å². The lowest BCUT2D eigenvalue weighted by Crippen LogP contribution is -2.26. The molecule has 3 aromatic rings. The second-order valence-corrected chi connectivity index (χ2v) is 7.58. The zero-order chi connectivity index (χ0) is 19.5. The van der Waals surface area contributed by atoms with Crippen LogP contribution in [0.3, 0.4) is 0 Å². The van der Waals surface area contributed by atoms with E-state index in [1.54, 1.807) is 0 Å². The van der Waals surface area contributed by atoms with E-state index in [9.17, 15) is 4.79 Å². The lowest BCUT2D eigenvalue weighted by Gasteiger charge is -2.19. The second-order valence-electron chi connectivity index (χ2n) is 7.58. The molecule has 1 atom stereocenters. The first-order valence-electron chi connectivity index (χ1n) is 9.99.